The lowest BCUT2D eigenvalue weighted by molar-refractivity contribution is -0.122. The summed E-state index contributed by atoms with van der Waals surface area (Å²) in [5.41, 5.74) is 8.67. The van der Waals surface area contributed by atoms with Crippen molar-refractivity contribution < 1.29 is 4.79 Å². The molecule has 1 aliphatic rings. The van der Waals surface area contributed by atoms with Gasteiger partial charge in [0.05, 0.1) is 5.92 Å². The molecule has 1 saturated carbocycles. The van der Waals surface area contributed by atoms with E-state index in [-0.39, 0.29) is 24.2 Å². The van der Waals surface area contributed by atoms with Gasteiger partial charge in [0, 0.05) is 22.6 Å². The van der Waals surface area contributed by atoms with E-state index in [1.165, 1.54) is 0 Å². The van der Waals surface area contributed by atoms with E-state index in [2.05, 4.69) is 10.6 Å². The molecule has 0 bridgehead atoms. The summed E-state index contributed by atoms with van der Waals surface area (Å²) in [4.78, 5) is 12.6. The molecule has 0 spiro atoms. The number of hydrogen-bond acceptors (Lipinski definition) is 3. The van der Waals surface area contributed by atoms with Gasteiger partial charge in [-0.25, -0.2) is 0 Å². The van der Waals surface area contributed by atoms with Crippen LogP contribution >= 0.6 is 12.4 Å². The van der Waals surface area contributed by atoms with Crippen LogP contribution in [0, 0.1) is 5.92 Å². The van der Waals surface area contributed by atoms with Crippen molar-refractivity contribution in [1.29, 1.82) is 0 Å². The normalized spacial score (nSPS) is 22.6. The number of para-hydroxylation sites is 1. The highest BCUT2D eigenvalue weighted by Crippen LogP contribution is 2.32. The summed E-state index contributed by atoms with van der Waals surface area (Å²) in [6.45, 7) is 1.99. The fraction of sp³-hybridized carbons (Fsp3) is 0.350. The van der Waals surface area contributed by atoms with Crippen molar-refractivity contribution in [3.05, 3.63) is 54.6 Å². The van der Waals surface area contributed by atoms with Gasteiger partial charge in [0.2, 0.25) is 5.91 Å². The van der Waals surface area contributed by atoms with E-state index in [4.69, 9.17) is 5.73 Å². The van der Waals surface area contributed by atoms with Crippen LogP contribution in [0.5, 0.6) is 0 Å². The van der Waals surface area contributed by atoms with E-state index < -0.39 is 5.54 Å². The molecule has 4 N–H and O–H groups in total. The first kappa shape index (κ1) is 19.3. The van der Waals surface area contributed by atoms with Gasteiger partial charge in [0.25, 0.3) is 0 Å². The molecule has 2 unspecified atom stereocenters. The number of nitrogens with one attached hydrogen (secondary N) is 2. The smallest absolute Gasteiger partial charge is 0.229 e. The van der Waals surface area contributed by atoms with E-state index in [0.29, 0.717) is 0 Å². The maximum Gasteiger partial charge on any atom is 0.229 e. The van der Waals surface area contributed by atoms with Crippen LogP contribution in [0.15, 0.2) is 54.6 Å². The van der Waals surface area contributed by atoms with Crippen LogP contribution in [-0.2, 0) is 4.79 Å². The fourth-order valence-electron chi connectivity index (χ4n) is 3.38. The first-order valence-electron chi connectivity index (χ1n) is 8.56. The van der Waals surface area contributed by atoms with Gasteiger partial charge in [-0.3, -0.25) is 4.79 Å². The molecule has 134 valence electrons. The molecule has 2 aromatic carbocycles. The average molecular weight is 360 g/mol. The molecule has 1 aliphatic carbocycles. The number of amides is 1. The number of halogens is 1. The van der Waals surface area contributed by atoms with Crippen molar-refractivity contribution >= 4 is 35.4 Å². The van der Waals surface area contributed by atoms with E-state index in [1.807, 2.05) is 61.5 Å². The largest absolute Gasteiger partial charge is 0.355 e. The summed E-state index contributed by atoms with van der Waals surface area (Å²) in [6.07, 6.45) is 3.94. The van der Waals surface area contributed by atoms with Crippen LogP contribution in [0.25, 0.3) is 0 Å². The zero-order valence-corrected chi connectivity index (χ0v) is 15.3. The quantitative estimate of drug-likeness (QED) is 0.741. The zero-order valence-electron chi connectivity index (χ0n) is 14.5. The van der Waals surface area contributed by atoms with Gasteiger partial charge in [-0.2, -0.15) is 0 Å². The Balaban J connectivity index is 0.00000225. The average Bonchev–Trinajstić information content (AvgIpc) is 2.55. The van der Waals surface area contributed by atoms with Crippen LogP contribution in [0.2, 0.25) is 0 Å². The lowest BCUT2D eigenvalue weighted by atomic mass is 9.74. The second-order valence-corrected chi connectivity index (χ2v) is 6.87. The molecule has 5 heteroatoms. The zero-order chi connectivity index (χ0) is 17.0. The van der Waals surface area contributed by atoms with Crippen LogP contribution < -0.4 is 16.4 Å². The number of anilines is 3. The van der Waals surface area contributed by atoms with E-state index in [9.17, 15) is 4.79 Å². The Kier molecular flexibility index (Phi) is 6.45. The van der Waals surface area contributed by atoms with Gasteiger partial charge in [-0.05, 0) is 50.1 Å². The minimum absolute atomic E-state index is 0. The lowest BCUT2D eigenvalue weighted by Gasteiger charge is -2.37. The predicted molar refractivity (Wildman–Crippen MR) is 107 cm³/mol. The third-order valence-electron chi connectivity index (χ3n) is 4.76. The Morgan fingerprint density at radius 1 is 1.04 bits per heavy atom. The highest BCUT2D eigenvalue weighted by molar-refractivity contribution is 5.94. The van der Waals surface area contributed by atoms with Crippen molar-refractivity contribution in [2.45, 2.75) is 38.1 Å². The number of hydrogen-bond donors (Lipinski definition) is 3. The molecule has 0 saturated heterocycles. The Labute approximate surface area is 155 Å². The molecule has 0 aromatic heterocycles. The maximum absolute atomic E-state index is 12.6. The van der Waals surface area contributed by atoms with Gasteiger partial charge in [0.1, 0.15) is 0 Å². The van der Waals surface area contributed by atoms with E-state index in [0.717, 1.165) is 42.7 Å². The minimum Gasteiger partial charge on any atom is -0.355 e. The number of rotatable bonds is 4. The van der Waals surface area contributed by atoms with Crippen LogP contribution in [0.1, 0.15) is 32.6 Å². The second kappa shape index (κ2) is 8.37. The third kappa shape index (κ3) is 4.97. The maximum atomic E-state index is 12.6. The Hall–Kier alpha value is -2.04. The Bertz CT molecular complexity index is 703. The molecule has 0 radical (unpaired) electrons. The SMILES string of the molecule is CC1(N)CCCCC1C(=O)Nc1cccc(Nc2ccccc2)c1.Cl. The highest BCUT2D eigenvalue weighted by atomic mass is 35.5. The third-order valence-corrected chi connectivity index (χ3v) is 4.76. The lowest BCUT2D eigenvalue weighted by Crippen LogP contribution is -2.51. The first-order chi connectivity index (χ1) is 11.5. The van der Waals surface area contributed by atoms with Crippen molar-refractivity contribution in [1.82, 2.24) is 0 Å². The predicted octanol–water partition coefficient (Wildman–Crippen LogP) is 4.70. The molecular weight excluding hydrogens is 334 g/mol. The molecule has 4 nitrogen and oxygen atoms in total. The molecule has 2 atom stereocenters. The number of carbonyl (C=O) groups excluding carboxylic acids is 1. The van der Waals surface area contributed by atoms with Crippen LogP contribution in [0.4, 0.5) is 17.1 Å². The van der Waals surface area contributed by atoms with E-state index >= 15 is 0 Å². The van der Waals surface area contributed by atoms with E-state index in [1.54, 1.807) is 0 Å². The number of benzene rings is 2. The van der Waals surface area contributed by atoms with Crippen molar-refractivity contribution in [2.24, 2.45) is 11.7 Å². The van der Waals surface area contributed by atoms with Gasteiger partial charge in [-0.15, -0.1) is 12.4 Å². The molecule has 0 heterocycles. The Morgan fingerprint density at radius 2 is 1.72 bits per heavy atom. The molecule has 25 heavy (non-hydrogen) atoms. The van der Waals surface area contributed by atoms with Crippen LogP contribution in [0.3, 0.4) is 0 Å². The first-order valence-corrected chi connectivity index (χ1v) is 8.56. The molecule has 1 fully saturated rings. The summed E-state index contributed by atoms with van der Waals surface area (Å²) in [6, 6.07) is 17.7. The van der Waals surface area contributed by atoms with Gasteiger partial charge in [-0.1, -0.05) is 37.1 Å². The number of nitrogens with two attached hydrogens (primary N) is 1. The minimum atomic E-state index is -0.414. The summed E-state index contributed by atoms with van der Waals surface area (Å²) >= 11 is 0. The summed E-state index contributed by atoms with van der Waals surface area (Å²) in [5, 5.41) is 6.37. The fourth-order valence-corrected chi connectivity index (χ4v) is 3.38. The monoisotopic (exact) mass is 359 g/mol. The summed E-state index contributed by atoms with van der Waals surface area (Å²) in [5.74, 6) is -0.103. The van der Waals surface area contributed by atoms with Crippen molar-refractivity contribution in [3.63, 3.8) is 0 Å². The van der Waals surface area contributed by atoms with Gasteiger partial charge < -0.3 is 16.4 Å². The standard InChI is InChI=1S/C20H25N3O.ClH/c1-20(21)13-6-5-12-18(20)19(24)23-17-11-7-10-16(14-17)22-15-8-3-2-4-9-15;/h2-4,7-11,14,18,22H,5-6,12-13,21H2,1H3,(H,23,24);1H. The highest BCUT2D eigenvalue weighted by Gasteiger charge is 2.37. The summed E-state index contributed by atoms with van der Waals surface area (Å²) in [7, 11) is 0. The summed E-state index contributed by atoms with van der Waals surface area (Å²) < 4.78 is 0. The topological polar surface area (TPSA) is 67.2 Å². The Morgan fingerprint density at radius 3 is 2.44 bits per heavy atom. The number of carbonyl (C=O) groups is 1. The molecular formula is C20H26ClN3O. The molecule has 3 rings (SSSR count). The molecule has 1 amide bonds. The van der Waals surface area contributed by atoms with Crippen molar-refractivity contribution in [2.75, 3.05) is 10.6 Å². The molecule has 0 aliphatic heterocycles. The second-order valence-electron chi connectivity index (χ2n) is 6.87. The van der Waals surface area contributed by atoms with Gasteiger partial charge >= 0.3 is 0 Å². The van der Waals surface area contributed by atoms with Crippen molar-refractivity contribution in [3.8, 4) is 0 Å². The van der Waals surface area contributed by atoms with Gasteiger partial charge in [0.15, 0.2) is 0 Å². The van der Waals surface area contributed by atoms with Crippen LogP contribution in [-0.4, -0.2) is 11.4 Å². The molecule has 2 aromatic rings.